The molecule has 12 heavy (non-hydrogen) atoms. The third-order valence-corrected chi connectivity index (χ3v) is 2.12. The highest BCUT2D eigenvalue weighted by molar-refractivity contribution is 6.66. The molecule has 0 saturated carbocycles. The average molecular weight is 226 g/mol. The molecule has 1 nitrogen and oxygen atoms in total. The average Bonchev–Trinajstić information content (AvgIpc) is 2.03. The molecule has 0 spiro atoms. The van der Waals surface area contributed by atoms with E-state index < -0.39 is 3.79 Å². The Morgan fingerprint density at radius 2 is 1.58 bits per heavy atom. The first-order chi connectivity index (χ1) is 5.54. The number of aliphatic hydroxyl groups excluding tert-OH is 1. The van der Waals surface area contributed by atoms with Gasteiger partial charge >= 0.3 is 0 Å². The summed E-state index contributed by atoms with van der Waals surface area (Å²) < 4.78 is -1.38. The highest BCUT2D eigenvalue weighted by Gasteiger charge is 2.21. The molecule has 1 aromatic carbocycles. The minimum atomic E-state index is -1.38. The van der Waals surface area contributed by atoms with Crippen molar-refractivity contribution in [2.75, 3.05) is 0 Å². The zero-order valence-corrected chi connectivity index (χ0v) is 8.37. The fourth-order valence-electron chi connectivity index (χ4n) is 0.799. The van der Waals surface area contributed by atoms with Crippen LogP contribution in [-0.2, 0) is 10.4 Å². The standard InChI is InChI=1S/C8H7Cl3O/c9-8(10,11)7-3-1-6(5-12)2-4-7/h1-4,12H,5H2. The first-order valence-corrected chi connectivity index (χ1v) is 4.44. The number of benzene rings is 1. The topological polar surface area (TPSA) is 20.2 Å². The van der Waals surface area contributed by atoms with Gasteiger partial charge in [-0.25, -0.2) is 0 Å². The smallest absolute Gasteiger partial charge is 0.216 e. The molecule has 0 aliphatic rings. The van der Waals surface area contributed by atoms with E-state index in [0.717, 1.165) is 5.56 Å². The maximum atomic E-state index is 8.73. The summed E-state index contributed by atoms with van der Waals surface area (Å²) >= 11 is 16.9. The predicted octanol–water partition coefficient (Wildman–Crippen LogP) is 3.01. The van der Waals surface area contributed by atoms with E-state index in [1.807, 2.05) is 0 Å². The van der Waals surface area contributed by atoms with Crippen LogP contribution in [0.15, 0.2) is 24.3 Å². The Labute approximate surface area is 85.9 Å². The van der Waals surface area contributed by atoms with Gasteiger partial charge in [-0.3, -0.25) is 0 Å². The normalized spacial score (nSPS) is 11.7. The van der Waals surface area contributed by atoms with Gasteiger partial charge in [-0.2, -0.15) is 0 Å². The summed E-state index contributed by atoms with van der Waals surface area (Å²) in [6, 6.07) is 6.80. The minimum absolute atomic E-state index is 0.000136. The third-order valence-electron chi connectivity index (χ3n) is 1.46. The van der Waals surface area contributed by atoms with E-state index in [1.54, 1.807) is 24.3 Å². The summed E-state index contributed by atoms with van der Waals surface area (Å²) in [5.74, 6) is 0. The van der Waals surface area contributed by atoms with Gasteiger partial charge in [-0.05, 0) is 5.56 Å². The van der Waals surface area contributed by atoms with Crippen LogP contribution >= 0.6 is 34.8 Å². The van der Waals surface area contributed by atoms with Crippen LogP contribution in [0.25, 0.3) is 0 Å². The van der Waals surface area contributed by atoms with Crippen LogP contribution in [0.5, 0.6) is 0 Å². The lowest BCUT2D eigenvalue weighted by atomic mass is 10.2. The van der Waals surface area contributed by atoms with Crippen molar-refractivity contribution in [2.24, 2.45) is 0 Å². The van der Waals surface area contributed by atoms with Crippen molar-refractivity contribution in [3.63, 3.8) is 0 Å². The number of halogens is 3. The lowest BCUT2D eigenvalue weighted by Crippen LogP contribution is -1.99. The van der Waals surface area contributed by atoms with Crippen molar-refractivity contribution in [1.29, 1.82) is 0 Å². The molecule has 0 radical (unpaired) electrons. The largest absolute Gasteiger partial charge is 0.392 e. The van der Waals surface area contributed by atoms with Gasteiger partial charge in [0.1, 0.15) is 0 Å². The fraction of sp³-hybridized carbons (Fsp3) is 0.250. The Morgan fingerprint density at radius 3 is 1.92 bits per heavy atom. The summed E-state index contributed by atoms with van der Waals surface area (Å²) in [5, 5.41) is 8.73. The Morgan fingerprint density at radius 1 is 1.08 bits per heavy atom. The molecule has 0 unspecified atom stereocenters. The van der Waals surface area contributed by atoms with E-state index in [1.165, 1.54) is 0 Å². The number of rotatable bonds is 1. The molecule has 66 valence electrons. The Kier molecular flexibility index (Phi) is 3.24. The van der Waals surface area contributed by atoms with Gasteiger partial charge in [-0.1, -0.05) is 59.1 Å². The molecular formula is C8H7Cl3O. The summed E-state index contributed by atoms with van der Waals surface area (Å²) in [7, 11) is 0. The number of hydrogen-bond acceptors (Lipinski definition) is 1. The predicted molar refractivity (Wildman–Crippen MR) is 51.6 cm³/mol. The van der Waals surface area contributed by atoms with Crippen LogP contribution in [0.2, 0.25) is 0 Å². The minimum Gasteiger partial charge on any atom is -0.392 e. The summed E-state index contributed by atoms with van der Waals surface area (Å²) in [6.45, 7) is 0.000136. The fourth-order valence-corrected chi connectivity index (χ4v) is 1.18. The van der Waals surface area contributed by atoms with Gasteiger partial charge in [0.2, 0.25) is 3.79 Å². The Bertz CT molecular complexity index is 250. The summed E-state index contributed by atoms with van der Waals surface area (Å²) in [6.07, 6.45) is 0. The molecule has 0 amide bonds. The van der Waals surface area contributed by atoms with Gasteiger partial charge in [0.15, 0.2) is 0 Å². The maximum absolute atomic E-state index is 8.73. The molecular weight excluding hydrogens is 218 g/mol. The zero-order valence-electron chi connectivity index (χ0n) is 6.10. The quantitative estimate of drug-likeness (QED) is 0.729. The van der Waals surface area contributed by atoms with E-state index in [9.17, 15) is 0 Å². The summed E-state index contributed by atoms with van der Waals surface area (Å²) in [4.78, 5) is 0. The molecule has 0 bridgehead atoms. The van der Waals surface area contributed by atoms with Crippen LogP contribution in [0.4, 0.5) is 0 Å². The number of alkyl halides is 3. The van der Waals surface area contributed by atoms with Crippen LogP contribution in [-0.4, -0.2) is 5.11 Å². The highest BCUT2D eigenvalue weighted by atomic mass is 35.6. The molecule has 0 aromatic heterocycles. The summed E-state index contributed by atoms with van der Waals surface area (Å²) in [5.41, 5.74) is 1.40. The van der Waals surface area contributed by atoms with Crippen LogP contribution in [0.1, 0.15) is 11.1 Å². The highest BCUT2D eigenvalue weighted by Crippen LogP contribution is 2.37. The second-order valence-corrected chi connectivity index (χ2v) is 4.63. The van der Waals surface area contributed by atoms with E-state index in [0.29, 0.717) is 5.56 Å². The molecule has 0 atom stereocenters. The third kappa shape index (κ3) is 2.53. The molecule has 0 aliphatic heterocycles. The maximum Gasteiger partial charge on any atom is 0.216 e. The molecule has 1 rings (SSSR count). The van der Waals surface area contributed by atoms with Gasteiger partial charge in [0, 0.05) is 5.56 Å². The molecule has 1 N–H and O–H groups in total. The second kappa shape index (κ2) is 3.84. The van der Waals surface area contributed by atoms with E-state index >= 15 is 0 Å². The lowest BCUT2D eigenvalue weighted by Gasteiger charge is -2.10. The SMILES string of the molecule is OCc1ccc(C(Cl)(Cl)Cl)cc1. The number of aliphatic hydroxyl groups is 1. The lowest BCUT2D eigenvalue weighted by molar-refractivity contribution is 0.282. The first-order valence-electron chi connectivity index (χ1n) is 3.31. The van der Waals surface area contributed by atoms with Crippen LogP contribution < -0.4 is 0 Å². The number of hydrogen-bond donors (Lipinski definition) is 1. The molecule has 0 aliphatic carbocycles. The van der Waals surface area contributed by atoms with Crippen LogP contribution in [0, 0.1) is 0 Å². The van der Waals surface area contributed by atoms with Crippen molar-refractivity contribution in [1.82, 2.24) is 0 Å². The molecule has 4 heteroatoms. The molecule has 0 heterocycles. The van der Waals surface area contributed by atoms with E-state index in [4.69, 9.17) is 39.9 Å². The van der Waals surface area contributed by atoms with E-state index in [-0.39, 0.29) is 6.61 Å². The van der Waals surface area contributed by atoms with E-state index in [2.05, 4.69) is 0 Å². The van der Waals surface area contributed by atoms with Crippen LogP contribution in [0.3, 0.4) is 0 Å². The second-order valence-electron chi connectivity index (χ2n) is 2.35. The van der Waals surface area contributed by atoms with Gasteiger partial charge < -0.3 is 5.11 Å². The van der Waals surface area contributed by atoms with Gasteiger partial charge in [-0.15, -0.1) is 0 Å². The van der Waals surface area contributed by atoms with Crippen molar-refractivity contribution >= 4 is 34.8 Å². The molecule has 0 saturated heterocycles. The monoisotopic (exact) mass is 224 g/mol. The van der Waals surface area contributed by atoms with Crippen molar-refractivity contribution in [3.05, 3.63) is 35.4 Å². The zero-order chi connectivity index (χ0) is 9.19. The molecule has 1 aromatic rings. The van der Waals surface area contributed by atoms with Crippen molar-refractivity contribution in [3.8, 4) is 0 Å². The Hall–Kier alpha value is 0.0500. The van der Waals surface area contributed by atoms with Gasteiger partial charge in [0.25, 0.3) is 0 Å². The molecule has 0 fully saturated rings. The first kappa shape index (κ1) is 10.1. The Balaban J connectivity index is 2.93. The van der Waals surface area contributed by atoms with Gasteiger partial charge in [0.05, 0.1) is 6.61 Å². The van der Waals surface area contributed by atoms with Crippen molar-refractivity contribution in [2.45, 2.75) is 10.4 Å². The van der Waals surface area contributed by atoms with Crippen molar-refractivity contribution < 1.29 is 5.11 Å².